The van der Waals surface area contributed by atoms with E-state index < -0.39 is 5.41 Å². The third-order valence-corrected chi connectivity index (χ3v) is 5.48. The molecule has 1 fully saturated rings. The number of ether oxygens (including phenoxy) is 1. The fraction of sp³-hybridized carbons (Fsp3) is 0.391. The lowest BCUT2D eigenvalue weighted by Crippen LogP contribution is -2.53. The van der Waals surface area contributed by atoms with Gasteiger partial charge in [-0.05, 0) is 55.2 Å². The summed E-state index contributed by atoms with van der Waals surface area (Å²) in [5.41, 5.74) is 1.11. The van der Waals surface area contributed by atoms with Crippen molar-refractivity contribution in [2.24, 2.45) is 5.41 Å². The van der Waals surface area contributed by atoms with Crippen molar-refractivity contribution in [3.05, 3.63) is 65.5 Å². The van der Waals surface area contributed by atoms with Crippen molar-refractivity contribution in [3.63, 3.8) is 0 Å². The van der Waals surface area contributed by atoms with Crippen LogP contribution in [0.25, 0.3) is 0 Å². The zero-order valence-corrected chi connectivity index (χ0v) is 17.4. The number of carbonyl (C=O) groups is 2. The van der Waals surface area contributed by atoms with Crippen LogP contribution < -0.4 is 15.4 Å². The van der Waals surface area contributed by atoms with Crippen LogP contribution >= 0.6 is 0 Å². The van der Waals surface area contributed by atoms with Crippen molar-refractivity contribution in [2.75, 3.05) is 20.2 Å². The standard InChI is InChI=1S/C23H28FN3O3/c1-23(21(28)25-14-17-7-9-19(24)10-8-17)11-4-12-27(16-23)22(29)26-15-18-5-3-6-20(13-18)30-2/h3,5-10,13H,4,11-12,14-16H2,1-2H3,(H,25,28)(H,26,29)/t23-/m0/s1. The predicted molar refractivity (Wildman–Crippen MR) is 112 cm³/mol. The van der Waals surface area contributed by atoms with Crippen LogP contribution in [0.1, 0.15) is 30.9 Å². The summed E-state index contributed by atoms with van der Waals surface area (Å²) in [7, 11) is 1.60. The molecule has 2 aromatic rings. The Morgan fingerprint density at radius 1 is 1.10 bits per heavy atom. The van der Waals surface area contributed by atoms with Gasteiger partial charge in [-0.2, -0.15) is 0 Å². The lowest BCUT2D eigenvalue weighted by Gasteiger charge is -2.39. The first-order valence-corrected chi connectivity index (χ1v) is 10.1. The first-order valence-electron chi connectivity index (χ1n) is 10.1. The summed E-state index contributed by atoms with van der Waals surface area (Å²) < 4.78 is 18.2. The molecule has 30 heavy (non-hydrogen) atoms. The smallest absolute Gasteiger partial charge is 0.317 e. The maximum atomic E-state index is 13.0. The van der Waals surface area contributed by atoms with Gasteiger partial charge in [0, 0.05) is 26.2 Å². The lowest BCUT2D eigenvalue weighted by molar-refractivity contribution is -0.132. The Balaban J connectivity index is 1.53. The fourth-order valence-electron chi connectivity index (χ4n) is 3.67. The monoisotopic (exact) mass is 413 g/mol. The Morgan fingerprint density at radius 2 is 1.83 bits per heavy atom. The van der Waals surface area contributed by atoms with Crippen molar-refractivity contribution in [3.8, 4) is 5.75 Å². The third-order valence-electron chi connectivity index (χ3n) is 5.48. The largest absolute Gasteiger partial charge is 0.497 e. The van der Waals surface area contributed by atoms with Crippen molar-refractivity contribution in [1.29, 1.82) is 0 Å². The molecule has 1 aliphatic rings. The van der Waals surface area contributed by atoms with Gasteiger partial charge in [0.05, 0.1) is 12.5 Å². The number of likely N-dealkylation sites (tertiary alicyclic amines) is 1. The number of rotatable bonds is 6. The van der Waals surface area contributed by atoms with Gasteiger partial charge < -0.3 is 20.3 Å². The molecule has 160 valence electrons. The number of methoxy groups -OCH3 is 1. The average molecular weight is 413 g/mol. The normalized spacial score (nSPS) is 18.6. The number of halogens is 1. The maximum absolute atomic E-state index is 13.0. The van der Waals surface area contributed by atoms with Crippen LogP contribution in [0.2, 0.25) is 0 Å². The summed E-state index contributed by atoms with van der Waals surface area (Å²) in [6.07, 6.45) is 1.47. The highest BCUT2D eigenvalue weighted by molar-refractivity contribution is 5.84. The zero-order chi connectivity index (χ0) is 21.6. The molecule has 0 saturated carbocycles. The van der Waals surface area contributed by atoms with Gasteiger partial charge in [-0.3, -0.25) is 4.79 Å². The van der Waals surface area contributed by atoms with Crippen LogP contribution in [0, 0.1) is 11.2 Å². The van der Waals surface area contributed by atoms with Gasteiger partial charge in [0.15, 0.2) is 0 Å². The van der Waals surface area contributed by atoms with E-state index in [1.165, 1.54) is 12.1 Å². The molecule has 2 aromatic carbocycles. The molecular weight excluding hydrogens is 385 g/mol. The number of urea groups is 1. The van der Waals surface area contributed by atoms with E-state index >= 15 is 0 Å². The first kappa shape index (κ1) is 21.6. The Labute approximate surface area is 176 Å². The molecule has 0 radical (unpaired) electrons. The molecule has 1 saturated heterocycles. The molecule has 0 unspecified atom stereocenters. The highest BCUT2D eigenvalue weighted by Gasteiger charge is 2.39. The number of carbonyl (C=O) groups excluding carboxylic acids is 2. The number of hydrogen-bond donors (Lipinski definition) is 2. The molecule has 1 aliphatic heterocycles. The summed E-state index contributed by atoms with van der Waals surface area (Å²) in [6, 6.07) is 13.4. The Bertz CT molecular complexity index is 888. The van der Waals surface area contributed by atoms with E-state index in [1.54, 1.807) is 24.1 Å². The molecule has 0 aliphatic carbocycles. The van der Waals surface area contributed by atoms with Gasteiger partial charge in [-0.1, -0.05) is 24.3 Å². The third kappa shape index (κ3) is 5.49. The van der Waals surface area contributed by atoms with E-state index in [4.69, 9.17) is 4.74 Å². The molecular formula is C23H28FN3O3. The topological polar surface area (TPSA) is 70.7 Å². The zero-order valence-electron chi connectivity index (χ0n) is 17.4. The number of nitrogens with zero attached hydrogens (tertiary/aromatic N) is 1. The van der Waals surface area contributed by atoms with Gasteiger partial charge in [-0.25, -0.2) is 9.18 Å². The second-order valence-electron chi connectivity index (χ2n) is 7.91. The average Bonchev–Trinajstić information content (AvgIpc) is 2.77. The quantitative estimate of drug-likeness (QED) is 0.762. The Kier molecular flexibility index (Phi) is 6.92. The van der Waals surface area contributed by atoms with E-state index in [9.17, 15) is 14.0 Å². The van der Waals surface area contributed by atoms with Crippen LogP contribution in [0.3, 0.4) is 0 Å². The predicted octanol–water partition coefficient (Wildman–Crippen LogP) is 3.46. The minimum absolute atomic E-state index is 0.0999. The molecule has 2 N–H and O–H groups in total. The summed E-state index contributed by atoms with van der Waals surface area (Å²) in [5.74, 6) is 0.335. The highest BCUT2D eigenvalue weighted by atomic mass is 19.1. The Morgan fingerprint density at radius 3 is 2.57 bits per heavy atom. The molecule has 0 bridgehead atoms. The fourth-order valence-corrected chi connectivity index (χ4v) is 3.67. The maximum Gasteiger partial charge on any atom is 0.317 e. The number of amides is 3. The number of hydrogen-bond acceptors (Lipinski definition) is 3. The number of piperidine rings is 1. The van der Waals surface area contributed by atoms with E-state index in [-0.39, 0.29) is 17.8 Å². The number of benzene rings is 2. The molecule has 3 rings (SSSR count). The molecule has 0 spiro atoms. The number of nitrogens with one attached hydrogen (secondary N) is 2. The van der Waals surface area contributed by atoms with E-state index in [0.717, 1.165) is 23.3 Å². The van der Waals surface area contributed by atoms with Crippen LogP contribution in [0.15, 0.2) is 48.5 Å². The second kappa shape index (κ2) is 9.61. The Hall–Kier alpha value is -3.09. The first-order chi connectivity index (χ1) is 14.4. The second-order valence-corrected chi connectivity index (χ2v) is 7.91. The van der Waals surface area contributed by atoms with Crippen molar-refractivity contribution >= 4 is 11.9 Å². The minimum atomic E-state index is -0.661. The SMILES string of the molecule is COc1cccc(CNC(=O)N2CCC[C@](C)(C(=O)NCc3ccc(F)cc3)C2)c1. The molecule has 3 amide bonds. The molecule has 7 heteroatoms. The van der Waals surface area contributed by atoms with Crippen molar-refractivity contribution in [1.82, 2.24) is 15.5 Å². The van der Waals surface area contributed by atoms with Gasteiger partial charge in [-0.15, -0.1) is 0 Å². The van der Waals surface area contributed by atoms with E-state index in [0.29, 0.717) is 32.6 Å². The van der Waals surface area contributed by atoms with Crippen LogP contribution in [-0.4, -0.2) is 37.0 Å². The van der Waals surface area contributed by atoms with Crippen molar-refractivity contribution in [2.45, 2.75) is 32.9 Å². The highest BCUT2D eigenvalue weighted by Crippen LogP contribution is 2.30. The van der Waals surface area contributed by atoms with E-state index in [2.05, 4.69) is 10.6 Å². The van der Waals surface area contributed by atoms with Crippen LogP contribution in [-0.2, 0) is 17.9 Å². The lowest BCUT2D eigenvalue weighted by atomic mass is 9.81. The van der Waals surface area contributed by atoms with Crippen LogP contribution in [0.4, 0.5) is 9.18 Å². The minimum Gasteiger partial charge on any atom is -0.497 e. The van der Waals surface area contributed by atoms with Crippen LogP contribution in [0.5, 0.6) is 5.75 Å². The van der Waals surface area contributed by atoms with Gasteiger partial charge in [0.1, 0.15) is 11.6 Å². The molecule has 1 atom stereocenters. The van der Waals surface area contributed by atoms with Gasteiger partial charge >= 0.3 is 6.03 Å². The van der Waals surface area contributed by atoms with Crippen molar-refractivity contribution < 1.29 is 18.7 Å². The summed E-state index contributed by atoms with van der Waals surface area (Å²) in [5, 5.41) is 5.85. The van der Waals surface area contributed by atoms with Gasteiger partial charge in [0.2, 0.25) is 5.91 Å². The summed E-state index contributed by atoms with van der Waals surface area (Å²) in [6.45, 7) is 3.57. The molecule has 0 aromatic heterocycles. The van der Waals surface area contributed by atoms with Gasteiger partial charge in [0.25, 0.3) is 0 Å². The van der Waals surface area contributed by atoms with E-state index in [1.807, 2.05) is 31.2 Å². The summed E-state index contributed by atoms with van der Waals surface area (Å²) in [4.78, 5) is 27.2. The summed E-state index contributed by atoms with van der Waals surface area (Å²) >= 11 is 0. The molecule has 1 heterocycles. The molecule has 6 nitrogen and oxygen atoms in total.